The third kappa shape index (κ3) is 2.59. The molecule has 0 atom stereocenters. The third-order valence-corrected chi connectivity index (χ3v) is 4.10. The average Bonchev–Trinajstić information content (AvgIpc) is 2.73. The van der Waals surface area contributed by atoms with Gasteiger partial charge in [-0.15, -0.1) is 11.3 Å². The second kappa shape index (κ2) is 4.79. The van der Waals surface area contributed by atoms with Gasteiger partial charge < -0.3 is 5.73 Å². The van der Waals surface area contributed by atoms with Crippen LogP contribution in [-0.2, 0) is 6.54 Å². The zero-order valence-electron chi connectivity index (χ0n) is 7.94. The van der Waals surface area contributed by atoms with Crippen molar-refractivity contribution < 1.29 is 4.39 Å². The first-order valence-corrected chi connectivity index (χ1v) is 6.19. The molecule has 1 heterocycles. The summed E-state index contributed by atoms with van der Waals surface area (Å²) in [7, 11) is 0. The fourth-order valence-electron chi connectivity index (χ4n) is 1.24. The van der Waals surface area contributed by atoms with E-state index >= 15 is 0 Å². The maximum atomic E-state index is 13.0. The lowest BCUT2D eigenvalue weighted by molar-refractivity contribution is 0.623. The van der Waals surface area contributed by atoms with Crippen LogP contribution < -0.4 is 5.73 Å². The maximum Gasteiger partial charge on any atom is 0.123 e. The molecule has 0 aliphatic heterocycles. The molecule has 0 bridgehead atoms. The lowest BCUT2D eigenvalue weighted by Crippen LogP contribution is -1.98. The Hall–Kier alpha value is -0.840. The molecule has 0 aliphatic rings. The van der Waals surface area contributed by atoms with E-state index < -0.39 is 0 Å². The molecule has 15 heavy (non-hydrogen) atoms. The second-order valence-corrected chi connectivity index (χ2v) is 5.28. The van der Waals surface area contributed by atoms with E-state index in [0.29, 0.717) is 6.54 Å². The molecule has 2 aromatic rings. The molecule has 0 unspecified atom stereocenters. The molecular formula is C11H10FNS2. The van der Waals surface area contributed by atoms with Crippen LogP contribution in [0.25, 0.3) is 0 Å². The van der Waals surface area contributed by atoms with E-state index in [9.17, 15) is 4.39 Å². The van der Waals surface area contributed by atoms with E-state index in [4.69, 9.17) is 5.73 Å². The Kier molecular flexibility index (Phi) is 3.41. The van der Waals surface area contributed by atoms with E-state index in [1.807, 2.05) is 17.5 Å². The topological polar surface area (TPSA) is 26.0 Å². The fourth-order valence-corrected chi connectivity index (χ4v) is 3.09. The zero-order valence-corrected chi connectivity index (χ0v) is 9.58. The first-order chi connectivity index (χ1) is 7.29. The normalized spacial score (nSPS) is 10.5. The van der Waals surface area contributed by atoms with Crippen molar-refractivity contribution in [2.24, 2.45) is 5.73 Å². The molecule has 4 heteroatoms. The summed E-state index contributed by atoms with van der Waals surface area (Å²) in [6, 6.07) is 8.78. The highest BCUT2D eigenvalue weighted by atomic mass is 32.2. The summed E-state index contributed by atoms with van der Waals surface area (Å²) < 4.78 is 14.1. The first kappa shape index (κ1) is 10.7. The average molecular weight is 239 g/mol. The van der Waals surface area contributed by atoms with Crippen LogP contribution >= 0.6 is 23.1 Å². The predicted octanol–water partition coefficient (Wildman–Crippen LogP) is 3.50. The monoisotopic (exact) mass is 239 g/mol. The van der Waals surface area contributed by atoms with Gasteiger partial charge in [-0.1, -0.05) is 17.8 Å². The molecule has 0 aliphatic carbocycles. The summed E-state index contributed by atoms with van der Waals surface area (Å²) in [6.07, 6.45) is 0. The van der Waals surface area contributed by atoms with Crippen molar-refractivity contribution in [3.05, 3.63) is 47.1 Å². The number of halogens is 1. The summed E-state index contributed by atoms with van der Waals surface area (Å²) >= 11 is 3.30. The minimum atomic E-state index is -0.231. The number of hydrogen-bond donors (Lipinski definition) is 1. The van der Waals surface area contributed by atoms with Crippen molar-refractivity contribution in [1.29, 1.82) is 0 Å². The summed E-state index contributed by atoms with van der Waals surface area (Å²) in [4.78, 5) is 1.03. The molecule has 0 radical (unpaired) electrons. The molecule has 0 saturated heterocycles. The highest BCUT2D eigenvalue weighted by Gasteiger charge is 2.05. The predicted molar refractivity (Wildman–Crippen MR) is 62.7 cm³/mol. The van der Waals surface area contributed by atoms with Gasteiger partial charge in [0.05, 0.1) is 4.21 Å². The van der Waals surface area contributed by atoms with Crippen LogP contribution in [0, 0.1) is 5.82 Å². The number of hydrogen-bond acceptors (Lipinski definition) is 3. The Morgan fingerprint density at radius 2 is 2.20 bits per heavy atom. The summed E-state index contributed by atoms with van der Waals surface area (Å²) in [5.41, 5.74) is 6.43. The summed E-state index contributed by atoms with van der Waals surface area (Å²) in [5.74, 6) is -0.231. The van der Waals surface area contributed by atoms with Gasteiger partial charge in [0.25, 0.3) is 0 Å². The van der Waals surface area contributed by atoms with Gasteiger partial charge in [-0.2, -0.15) is 0 Å². The van der Waals surface area contributed by atoms with E-state index in [0.717, 1.165) is 10.5 Å². The molecule has 0 spiro atoms. The van der Waals surface area contributed by atoms with Crippen molar-refractivity contribution >= 4 is 23.1 Å². The minimum Gasteiger partial charge on any atom is -0.326 e. The van der Waals surface area contributed by atoms with Crippen LogP contribution in [0.3, 0.4) is 0 Å². The minimum absolute atomic E-state index is 0.231. The molecule has 1 aromatic carbocycles. The SMILES string of the molecule is NCc1cc(F)ccc1Sc1cccs1. The van der Waals surface area contributed by atoms with Crippen LogP contribution in [0.1, 0.15) is 5.56 Å². The van der Waals surface area contributed by atoms with E-state index in [1.54, 1.807) is 29.2 Å². The lowest BCUT2D eigenvalue weighted by Gasteiger charge is -2.05. The first-order valence-electron chi connectivity index (χ1n) is 4.49. The van der Waals surface area contributed by atoms with Gasteiger partial charge in [0.2, 0.25) is 0 Å². The van der Waals surface area contributed by atoms with Crippen LogP contribution in [-0.4, -0.2) is 0 Å². The van der Waals surface area contributed by atoms with Crippen molar-refractivity contribution in [2.45, 2.75) is 15.6 Å². The van der Waals surface area contributed by atoms with E-state index in [2.05, 4.69) is 0 Å². The van der Waals surface area contributed by atoms with Gasteiger partial charge in [0, 0.05) is 11.4 Å². The second-order valence-electron chi connectivity index (χ2n) is 2.99. The Morgan fingerprint density at radius 3 is 2.87 bits per heavy atom. The van der Waals surface area contributed by atoms with Crippen molar-refractivity contribution in [2.75, 3.05) is 0 Å². The van der Waals surface area contributed by atoms with Crippen LogP contribution in [0.4, 0.5) is 4.39 Å². The smallest absolute Gasteiger partial charge is 0.123 e. The number of thiophene rings is 1. The summed E-state index contributed by atoms with van der Waals surface area (Å²) in [5, 5.41) is 2.02. The van der Waals surface area contributed by atoms with Gasteiger partial charge in [-0.3, -0.25) is 0 Å². The van der Waals surface area contributed by atoms with Gasteiger partial charge >= 0.3 is 0 Å². The molecule has 0 saturated carbocycles. The molecule has 0 fully saturated rings. The molecule has 2 rings (SSSR count). The Balaban J connectivity index is 2.28. The van der Waals surface area contributed by atoms with E-state index in [1.165, 1.54) is 16.3 Å². The van der Waals surface area contributed by atoms with E-state index in [-0.39, 0.29) is 5.82 Å². The van der Waals surface area contributed by atoms with Crippen LogP contribution in [0.15, 0.2) is 44.8 Å². The highest BCUT2D eigenvalue weighted by molar-refractivity contribution is 8.01. The van der Waals surface area contributed by atoms with Crippen molar-refractivity contribution in [3.8, 4) is 0 Å². The van der Waals surface area contributed by atoms with Gasteiger partial charge in [0.15, 0.2) is 0 Å². The molecule has 2 N–H and O–H groups in total. The fraction of sp³-hybridized carbons (Fsp3) is 0.0909. The third-order valence-electron chi connectivity index (χ3n) is 1.95. The van der Waals surface area contributed by atoms with Crippen LogP contribution in [0.2, 0.25) is 0 Å². The molecule has 0 amide bonds. The van der Waals surface area contributed by atoms with Gasteiger partial charge in [0.1, 0.15) is 5.82 Å². The maximum absolute atomic E-state index is 13.0. The largest absolute Gasteiger partial charge is 0.326 e. The number of benzene rings is 1. The van der Waals surface area contributed by atoms with Gasteiger partial charge in [-0.05, 0) is 35.2 Å². The summed E-state index contributed by atoms with van der Waals surface area (Å²) in [6.45, 7) is 0.367. The molecule has 78 valence electrons. The van der Waals surface area contributed by atoms with Crippen LogP contribution in [0.5, 0.6) is 0 Å². The zero-order chi connectivity index (χ0) is 10.7. The molecular weight excluding hydrogens is 229 g/mol. The van der Waals surface area contributed by atoms with Gasteiger partial charge in [-0.25, -0.2) is 4.39 Å². The molecule has 1 nitrogen and oxygen atoms in total. The Labute approximate surface area is 96.1 Å². The lowest BCUT2D eigenvalue weighted by atomic mass is 10.2. The Morgan fingerprint density at radius 1 is 1.33 bits per heavy atom. The van der Waals surface area contributed by atoms with Crippen molar-refractivity contribution in [3.63, 3.8) is 0 Å². The number of rotatable bonds is 3. The van der Waals surface area contributed by atoms with Crippen molar-refractivity contribution in [1.82, 2.24) is 0 Å². The highest BCUT2D eigenvalue weighted by Crippen LogP contribution is 2.33. The number of nitrogens with two attached hydrogens (primary N) is 1. The Bertz CT molecular complexity index is 440. The quantitative estimate of drug-likeness (QED) is 0.887. The molecule has 1 aromatic heterocycles. The standard InChI is InChI=1S/C11H10FNS2/c12-9-3-4-10(8(6-9)7-13)15-11-2-1-5-14-11/h1-6H,7,13H2.